The Labute approximate surface area is 291 Å². The first kappa shape index (κ1) is 38.4. The third kappa shape index (κ3) is 9.87. The molecule has 0 aromatic carbocycles. The van der Waals surface area contributed by atoms with Crippen LogP contribution in [0.15, 0.2) is 0 Å². The molecule has 3 saturated carbocycles. The third-order valence-corrected chi connectivity index (χ3v) is 11.8. The van der Waals surface area contributed by atoms with Crippen LogP contribution in [0.1, 0.15) is 105 Å². The van der Waals surface area contributed by atoms with Crippen molar-refractivity contribution in [1.82, 2.24) is 26.2 Å². The zero-order valence-corrected chi connectivity index (χ0v) is 30.3. The van der Waals surface area contributed by atoms with E-state index in [9.17, 15) is 28.8 Å². The minimum atomic E-state index is -1.09. The largest absolute Gasteiger partial charge is 0.447 e. The topological polar surface area (TPSA) is 189 Å². The predicted octanol–water partition coefficient (Wildman–Crippen LogP) is 3.24. The molecule has 6 amide bonds. The number of likely N-dealkylation sites (tertiary alicyclic amines) is 1. The lowest BCUT2D eigenvalue weighted by Gasteiger charge is -2.35. The molecule has 13 nitrogen and oxygen atoms in total. The van der Waals surface area contributed by atoms with E-state index in [0.29, 0.717) is 31.2 Å². The smallest absolute Gasteiger partial charge is 0.406 e. The third-order valence-electron chi connectivity index (χ3n) is 11.8. The van der Waals surface area contributed by atoms with Crippen molar-refractivity contribution >= 4 is 35.6 Å². The SMILES string of the molecule is CNC(=O)OCC(NC(=O)NC(C(=O)N1C[C@H](C(C)C)CC1C(=O)NC(CC1CCC1)C(=O)C(N)=O)C1CC2CCCCC2C1)C(C)(C)C. The fraction of sp³-hybridized carbons (Fsp3) is 0.833. The summed E-state index contributed by atoms with van der Waals surface area (Å²) in [6.45, 7) is 10.2. The number of urea groups is 1. The zero-order valence-electron chi connectivity index (χ0n) is 30.3. The number of rotatable bonds is 13. The molecule has 6 unspecified atom stereocenters. The Morgan fingerprint density at radius 2 is 1.49 bits per heavy atom. The lowest BCUT2D eigenvalue weighted by Crippen LogP contribution is -2.60. The zero-order chi connectivity index (χ0) is 36.0. The quantitative estimate of drug-likeness (QED) is 0.184. The number of carbonyl (C=O) groups is 6. The molecule has 3 aliphatic carbocycles. The number of nitrogens with zero attached hydrogens (tertiary/aromatic N) is 1. The standard InChI is InChI=1S/C36H60N6O7/c1-20(2)25-17-27(32(45)39-26(30(43)31(37)44)14-21-10-9-11-21)42(18-25)33(46)29(24-15-22-12-7-8-13-23(22)16-24)41-34(47)40-28(36(3,4)5)19-49-35(48)38-6/h20-29H,7-19H2,1-6H3,(H2,37,44)(H,38,48)(H,39,45)(H2,40,41,47)/t22?,23?,24?,25-,26?,27?,28?,29?/m1/s1. The predicted molar refractivity (Wildman–Crippen MR) is 184 cm³/mol. The van der Waals surface area contributed by atoms with E-state index in [1.807, 2.05) is 20.8 Å². The monoisotopic (exact) mass is 688 g/mol. The highest BCUT2D eigenvalue weighted by atomic mass is 16.5. The maximum atomic E-state index is 14.7. The van der Waals surface area contributed by atoms with E-state index in [1.165, 1.54) is 7.05 Å². The fourth-order valence-electron chi connectivity index (χ4n) is 8.27. The second kappa shape index (κ2) is 16.6. The second-order valence-corrected chi connectivity index (χ2v) is 16.5. The number of primary amides is 1. The molecule has 276 valence electrons. The van der Waals surface area contributed by atoms with Crippen molar-refractivity contribution in [2.75, 3.05) is 20.2 Å². The van der Waals surface area contributed by atoms with E-state index in [-0.39, 0.29) is 36.2 Å². The number of alkyl carbamates (subject to hydrolysis) is 1. The summed E-state index contributed by atoms with van der Waals surface area (Å²) >= 11 is 0. The Bertz CT molecular complexity index is 1220. The van der Waals surface area contributed by atoms with Crippen LogP contribution in [-0.4, -0.2) is 84.9 Å². The maximum absolute atomic E-state index is 14.7. The molecule has 13 heteroatoms. The molecule has 1 heterocycles. The van der Waals surface area contributed by atoms with Crippen LogP contribution < -0.4 is 27.0 Å². The summed E-state index contributed by atoms with van der Waals surface area (Å²) in [5.74, 6) is -1.36. The minimum Gasteiger partial charge on any atom is -0.447 e. The lowest BCUT2D eigenvalue weighted by molar-refractivity contribution is -0.143. The molecule has 0 bridgehead atoms. The van der Waals surface area contributed by atoms with Crippen LogP contribution in [0.2, 0.25) is 0 Å². The van der Waals surface area contributed by atoms with Crippen molar-refractivity contribution in [3.8, 4) is 0 Å². The van der Waals surface area contributed by atoms with E-state index >= 15 is 0 Å². The van der Waals surface area contributed by atoms with Gasteiger partial charge in [-0.05, 0) is 66.6 Å². The molecule has 0 aromatic heterocycles. The average Bonchev–Trinajstić information content (AvgIpc) is 3.67. The highest BCUT2D eigenvalue weighted by Crippen LogP contribution is 2.47. The summed E-state index contributed by atoms with van der Waals surface area (Å²) in [4.78, 5) is 80.5. The van der Waals surface area contributed by atoms with Gasteiger partial charge in [0.2, 0.25) is 17.6 Å². The fourth-order valence-corrected chi connectivity index (χ4v) is 8.27. The first-order valence-electron chi connectivity index (χ1n) is 18.4. The van der Waals surface area contributed by atoms with Crippen molar-refractivity contribution in [2.24, 2.45) is 46.7 Å². The summed E-state index contributed by atoms with van der Waals surface area (Å²) in [6, 6.07) is -3.84. The van der Waals surface area contributed by atoms with Gasteiger partial charge in [0.1, 0.15) is 18.7 Å². The molecule has 7 atom stereocenters. The number of ketones is 1. The van der Waals surface area contributed by atoms with Gasteiger partial charge < -0.3 is 36.6 Å². The van der Waals surface area contributed by atoms with Crippen molar-refractivity contribution in [3.63, 3.8) is 0 Å². The number of carbonyl (C=O) groups excluding carboxylic acids is 6. The molecule has 6 N–H and O–H groups in total. The van der Waals surface area contributed by atoms with Crippen LogP contribution >= 0.6 is 0 Å². The Kier molecular flexibility index (Phi) is 13.0. The molecule has 1 aliphatic heterocycles. The molecule has 4 fully saturated rings. The summed E-state index contributed by atoms with van der Waals surface area (Å²) in [5.41, 5.74) is 4.90. The average molecular weight is 689 g/mol. The molecular weight excluding hydrogens is 628 g/mol. The molecule has 0 spiro atoms. The summed E-state index contributed by atoms with van der Waals surface area (Å²) in [6.07, 6.45) is 9.22. The van der Waals surface area contributed by atoms with Crippen molar-refractivity contribution in [2.45, 2.75) is 129 Å². The number of ether oxygens (including phenoxy) is 1. The van der Waals surface area contributed by atoms with Gasteiger partial charge in [0.25, 0.3) is 5.91 Å². The molecule has 0 radical (unpaired) electrons. The Morgan fingerprint density at radius 1 is 0.857 bits per heavy atom. The maximum Gasteiger partial charge on any atom is 0.406 e. The van der Waals surface area contributed by atoms with E-state index in [4.69, 9.17) is 10.5 Å². The van der Waals surface area contributed by atoms with Crippen LogP contribution in [0.3, 0.4) is 0 Å². The first-order valence-corrected chi connectivity index (χ1v) is 18.4. The molecule has 49 heavy (non-hydrogen) atoms. The van der Waals surface area contributed by atoms with Crippen LogP contribution in [0.4, 0.5) is 9.59 Å². The van der Waals surface area contributed by atoms with Gasteiger partial charge in [-0.1, -0.05) is 79.6 Å². The van der Waals surface area contributed by atoms with Crippen molar-refractivity contribution in [1.29, 1.82) is 0 Å². The van der Waals surface area contributed by atoms with Gasteiger partial charge in [0.15, 0.2) is 0 Å². The van der Waals surface area contributed by atoms with Crippen LogP contribution in [0.5, 0.6) is 0 Å². The van der Waals surface area contributed by atoms with Gasteiger partial charge in [-0.15, -0.1) is 0 Å². The number of Topliss-reactive ketones (excluding diaryl/α,β-unsaturated/α-hetero) is 1. The normalized spacial score (nSPS) is 27.2. The molecule has 0 aromatic rings. The van der Waals surface area contributed by atoms with Gasteiger partial charge in [-0.3, -0.25) is 19.2 Å². The minimum absolute atomic E-state index is 0.0318. The summed E-state index contributed by atoms with van der Waals surface area (Å²) in [5, 5.41) is 11.2. The number of hydrogen-bond acceptors (Lipinski definition) is 7. The number of hydrogen-bond donors (Lipinski definition) is 5. The van der Waals surface area contributed by atoms with Crippen LogP contribution in [0.25, 0.3) is 0 Å². The van der Waals surface area contributed by atoms with Gasteiger partial charge in [0.05, 0.1) is 12.1 Å². The van der Waals surface area contributed by atoms with E-state index in [2.05, 4.69) is 35.1 Å². The molecule has 1 saturated heterocycles. The molecule has 4 rings (SSSR count). The number of amides is 6. The summed E-state index contributed by atoms with van der Waals surface area (Å²) < 4.78 is 5.29. The van der Waals surface area contributed by atoms with Gasteiger partial charge in [-0.25, -0.2) is 9.59 Å². The number of nitrogens with two attached hydrogens (primary N) is 1. The van der Waals surface area contributed by atoms with Gasteiger partial charge in [0, 0.05) is 13.6 Å². The Balaban J connectivity index is 1.58. The first-order chi connectivity index (χ1) is 23.1. The Hall–Kier alpha value is -3.38. The number of nitrogens with one attached hydrogen (secondary N) is 4. The molecule has 4 aliphatic rings. The van der Waals surface area contributed by atoms with Gasteiger partial charge >= 0.3 is 12.1 Å². The molecular formula is C36H60N6O7. The highest BCUT2D eigenvalue weighted by molar-refractivity contribution is 6.37. The van der Waals surface area contributed by atoms with E-state index in [1.54, 1.807) is 4.90 Å². The number of fused-ring (bicyclic) bond motifs is 1. The van der Waals surface area contributed by atoms with Crippen molar-refractivity contribution < 1.29 is 33.5 Å². The summed E-state index contributed by atoms with van der Waals surface area (Å²) in [7, 11) is 1.46. The lowest BCUT2D eigenvalue weighted by atomic mass is 9.80. The van der Waals surface area contributed by atoms with Crippen LogP contribution in [0, 0.1) is 40.9 Å². The van der Waals surface area contributed by atoms with E-state index < -0.39 is 59.3 Å². The van der Waals surface area contributed by atoms with Crippen LogP contribution in [-0.2, 0) is 23.9 Å². The van der Waals surface area contributed by atoms with Gasteiger partial charge in [-0.2, -0.15) is 0 Å². The Morgan fingerprint density at radius 3 is 2.00 bits per heavy atom. The van der Waals surface area contributed by atoms with E-state index in [0.717, 1.165) is 57.8 Å². The van der Waals surface area contributed by atoms with Crippen molar-refractivity contribution in [3.05, 3.63) is 0 Å². The second-order valence-electron chi connectivity index (χ2n) is 16.5. The highest BCUT2D eigenvalue weighted by Gasteiger charge is 2.48.